The highest BCUT2D eigenvalue weighted by atomic mass is 16.2. The zero-order chi connectivity index (χ0) is 9.56. The van der Waals surface area contributed by atoms with Crippen LogP contribution in [0, 0.1) is 0 Å². The Bertz CT molecular complexity index is 157. The topological polar surface area (TPSA) is 49.4 Å². The molecule has 1 N–H and O–H groups in total. The molecule has 0 aliphatic carbocycles. The number of carbonyl (C=O) groups is 1. The molecule has 0 aromatic heterocycles. The Hall–Kier alpha value is -1.06. The average Bonchev–Trinajstić information content (AvgIpc) is 2.01. The Balaban J connectivity index is 3.94. The highest BCUT2D eigenvalue weighted by Crippen LogP contribution is 1.94. The molecule has 0 rings (SSSR count). The van der Waals surface area contributed by atoms with Crippen LogP contribution in [0.5, 0.6) is 0 Å². The van der Waals surface area contributed by atoms with E-state index < -0.39 is 0 Å². The number of urea groups is 1. The van der Waals surface area contributed by atoms with E-state index in [1.807, 2.05) is 6.92 Å². The third-order valence-electron chi connectivity index (χ3n) is 1.36. The highest BCUT2D eigenvalue weighted by molar-refractivity contribution is 5.85. The van der Waals surface area contributed by atoms with Crippen LogP contribution in [0.2, 0.25) is 0 Å². The molecular weight excluding hydrogens is 156 g/mol. The first-order valence-electron chi connectivity index (χ1n) is 4.08. The maximum absolute atomic E-state index is 11.1. The van der Waals surface area contributed by atoms with E-state index in [-0.39, 0.29) is 12.1 Å². The van der Waals surface area contributed by atoms with E-state index in [4.69, 9.17) is 0 Å². The molecular formula is C8H15N2O2. The molecule has 4 nitrogen and oxygen atoms in total. The summed E-state index contributed by atoms with van der Waals surface area (Å²) in [6, 6.07) is -0.513. The predicted molar refractivity (Wildman–Crippen MR) is 46.4 cm³/mol. The molecule has 0 spiro atoms. The molecule has 4 heteroatoms. The van der Waals surface area contributed by atoms with Crippen molar-refractivity contribution >= 4 is 12.4 Å². The van der Waals surface area contributed by atoms with Crippen LogP contribution in [-0.2, 0) is 4.79 Å². The number of nitrogens with zero attached hydrogens (tertiary/aromatic N) is 1. The second-order valence-electron chi connectivity index (χ2n) is 2.79. The molecule has 3 amide bonds. The van der Waals surface area contributed by atoms with Crippen LogP contribution in [0.4, 0.5) is 4.79 Å². The van der Waals surface area contributed by atoms with Gasteiger partial charge >= 0.3 is 12.4 Å². The summed E-state index contributed by atoms with van der Waals surface area (Å²) in [6.45, 7) is 6.06. The fraction of sp³-hybridized carbons (Fsp3) is 0.750. The molecule has 0 aliphatic heterocycles. The van der Waals surface area contributed by atoms with Gasteiger partial charge in [-0.3, -0.25) is 9.69 Å². The summed E-state index contributed by atoms with van der Waals surface area (Å²) in [5, 5.41) is 2.59. The van der Waals surface area contributed by atoms with Crippen LogP contribution < -0.4 is 5.32 Å². The Morgan fingerprint density at radius 3 is 2.50 bits per heavy atom. The summed E-state index contributed by atoms with van der Waals surface area (Å²) >= 11 is 0. The largest absolute Gasteiger partial charge is 0.338 e. The molecule has 0 aromatic carbocycles. The van der Waals surface area contributed by atoms with Crippen molar-refractivity contribution < 1.29 is 9.59 Å². The van der Waals surface area contributed by atoms with Crippen molar-refractivity contribution in [1.82, 2.24) is 10.2 Å². The molecule has 12 heavy (non-hydrogen) atoms. The minimum absolute atomic E-state index is 0.139. The van der Waals surface area contributed by atoms with Crippen LogP contribution in [0.15, 0.2) is 0 Å². The van der Waals surface area contributed by atoms with Gasteiger partial charge in [0.2, 0.25) is 0 Å². The number of hydrogen-bond donors (Lipinski definition) is 1. The summed E-state index contributed by atoms with van der Waals surface area (Å²) in [7, 11) is 0. The summed E-state index contributed by atoms with van der Waals surface area (Å²) in [6.07, 6.45) is 2.44. The third-order valence-corrected chi connectivity index (χ3v) is 1.36. The van der Waals surface area contributed by atoms with E-state index in [1.54, 1.807) is 20.3 Å². The Morgan fingerprint density at radius 1 is 1.58 bits per heavy atom. The lowest BCUT2D eigenvalue weighted by atomic mass is 10.3. The minimum Gasteiger partial charge on any atom is -0.338 e. The summed E-state index contributed by atoms with van der Waals surface area (Å²) in [4.78, 5) is 22.4. The zero-order valence-electron chi connectivity index (χ0n) is 7.76. The van der Waals surface area contributed by atoms with Gasteiger partial charge in [-0.15, -0.1) is 0 Å². The van der Waals surface area contributed by atoms with Gasteiger partial charge in [-0.1, -0.05) is 6.92 Å². The van der Waals surface area contributed by atoms with Gasteiger partial charge in [-0.2, -0.15) is 0 Å². The van der Waals surface area contributed by atoms with E-state index in [2.05, 4.69) is 5.32 Å². The first-order valence-corrected chi connectivity index (χ1v) is 4.08. The SMILES string of the molecule is CCCNC(=O)N([C]=O)C(C)C. The normalized spacial score (nSPS) is 9.67. The standard InChI is InChI=1S/C8H15N2O2/c1-4-5-9-8(12)10(6-11)7(2)3/h7H,4-5H2,1-3H3,(H,9,12). The van der Waals surface area contributed by atoms with Gasteiger partial charge in [-0.05, 0) is 20.3 Å². The lowest BCUT2D eigenvalue weighted by Gasteiger charge is -2.18. The molecule has 0 atom stereocenters. The molecule has 0 aromatic rings. The summed E-state index contributed by atoms with van der Waals surface area (Å²) < 4.78 is 0. The first kappa shape index (κ1) is 10.9. The molecule has 0 saturated heterocycles. The second kappa shape index (κ2) is 5.57. The predicted octanol–water partition coefficient (Wildman–Crippen LogP) is 0.884. The fourth-order valence-corrected chi connectivity index (χ4v) is 0.698. The maximum Gasteiger partial charge on any atom is 0.324 e. The monoisotopic (exact) mass is 171 g/mol. The molecule has 69 valence electrons. The average molecular weight is 171 g/mol. The third kappa shape index (κ3) is 3.37. The maximum atomic E-state index is 11.1. The lowest BCUT2D eigenvalue weighted by Crippen LogP contribution is -2.43. The fourth-order valence-electron chi connectivity index (χ4n) is 0.698. The van der Waals surface area contributed by atoms with E-state index in [0.29, 0.717) is 6.54 Å². The second-order valence-corrected chi connectivity index (χ2v) is 2.79. The van der Waals surface area contributed by atoms with Crippen LogP contribution in [0.3, 0.4) is 0 Å². The van der Waals surface area contributed by atoms with Crippen molar-refractivity contribution in [2.45, 2.75) is 33.2 Å². The highest BCUT2D eigenvalue weighted by Gasteiger charge is 2.15. The minimum atomic E-state index is -0.373. The van der Waals surface area contributed by atoms with Crippen LogP contribution in [0.1, 0.15) is 27.2 Å². The number of rotatable bonds is 4. The van der Waals surface area contributed by atoms with Gasteiger partial charge < -0.3 is 5.32 Å². The van der Waals surface area contributed by atoms with E-state index >= 15 is 0 Å². The summed E-state index contributed by atoms with van der Waals surface area (Å²) in [5.74, 6) is 0. The Kier molecular flexibility index (Phi) is 5.08. The van der Waals surface area contributed by atoms with Gasteiger partial charge in [-0.25, -0.2) is 4.79 Å². The first-order chi connectivity index (χ1) is 5.63. The molecule has 0 saturated carbocycles. The van der Waals surface area contributed by atoms with Crippen LogP contribution in [0.25, 0.3) is 0 Å². The lowest BCUT2D eigenvalue weighted by molar-refractivity contribution is 0.211. The van der Waals surface area contributed by atoms with Crippen LogP contribution >= 0.6 is 0 Å². The van der Waals surface area contributed by atoms with Crippen molar-refractivity contribution in [3.8, 4) is 0 Å². The Labute approximate surface area is 72.9 Å². The van der Waals surface area contributed by atoms with Gasteiger partial charge in [0.05, 0.1) is 0 Å². The van der Waals surface area contributed by atoms with Crippen molar-refractivity contribution in [3.63, 3.8) is 0 Å². The molecule has 0 unspecified atom stereocenters. The van der Waals surface area contributed by atoms with Crippen LogP contribution in [-0.4, -0.2) is 29.9 Å². The van der Waals surface area contributed by atoms with Gasteiger partial charge in [0.1, 0.15) is 0 Å². The number of nitrogens with one attached hydrogen (secondary N) is 1. The smallest absolute Gasteiger partial charge is 0.324 e. The van der Waals surface area contributed by atoms with Gasteiger partial charge in [0.15, 0.2) is 0 Å². The van der Waals surface area contributed by atoms with Gasteiger partial charge in [0.25, 0.3) is 0 Å². The number of amides is 3. The van der Waals surface area contributed by atoms with Crippen molar-refractivity contribution in [2.75, 3.05) is 6.54 Å². The Morgan fingerprint density at radius 2 is 2.17 bits per heavy atom. The van der Waals surface area contributed by atoms with Crippen molar-refractivity contribution in [1.29, 1.82) is 0 Å². The zero-order valence-corrected chi connectivity index (χ0v) is 7.76. The van der Waals surface area contributed by atoms with Crippen molar-refractivity contribution in [2.24, 2.45) is 0 Å². The molecule has 0 fully saturated rings. The van der Waals surface area contributed by atoms with Gasteiger partial charge in [0, 0.05) is 12.6 Å². The van der Waals surface area contributed by atoms with E-state index in [1.165, 1.54) is 0 Å². The molecule has 0 aliphatic rings. The molecule has 1 radical (unpaired) electrons. The quantitative estimate of drug-likeness (QED) is 0.638. The van der Waals surface area contributed by atoms with E-state index in [0.717, 1.165) is 11.3 Å². The molecule has 0 heterocycles. The van der Waals surface area contributed by atoms with Crippen molar-refractivity contribution in [3.05, 3.63) is 0 Å². The number of hydrogen-bond acceptors (Lipinski definition) is 2. The number of imide groups is 1. The van der Waals surface area contributed by atoms with E-state index in [9.17, 15) is 9.59 Å². The molecule has 0 bridgehead atoms. The number of carbonyl (C=O) groups excluding carboxylic acids is 2. The summed E-state index contributed by atoms with van der Waals surface area (Å²) in [5.41, 5.74) is 0.